The summed E-state index contributed by atoms with van der Waals surface area (Å²) >= 11 is 0. The molecular formula is C22H20O13. The summed E-state index contributed by atoms with van der Waals surface area (Å²) < 4.78 is 21.6. The van der Waals surface area contributed by atoms with Gasteiger partial charge in [-0.05, 0) is 12.1 Å². The van der Waals surface area contributed by atoms with Gasteiger partial charge in [-0.2, -0.15) is 0 Å². The molecule has 1 aliphatic rings. The Morgan fingerprint density at radius 2 is 1.69 bits per heavy atom. The van der Waals surface area contributed by atoms with Gasteiger partial charge in [0.15, 0.2) is 35.2 Å². The molecule has 1 aromatic heterocycles. The zero-order chi connectivity index (χ0) is 25.6. The number of aliphatic hydroxyl groups is 2. The molecule has 35 heavy (non-hydrogen) atoms. The average Bonchev–Trinajstić information content (AvgIpc) is 3.06. The number of phenolic OH excluding ortho intramolecular Hbond substituents is 5. The Morgan fingerprint density at radius 3 is 2.29 bits per heavy atom. The minimum absolute atomic E-state index is 0.183. The Bertz CT molecular complexity index is 1340. The molecule has 13 nitrogen and oxygen atoms in total. The first-order valence-electron chi connectivity index (χ1n) is 10.1. The molecule has 0 unspecified atom stereocenters. The minimum Gasteiger partial charge on any atom is -0.508 e. The van der Waals surface area contributed by atoms with E-state index in [0.717, 1.165) is 31.2 Å². The topological polar surface area (TPSA) is 217 Å². The molecule has 2 heterocycles. The lowest BCUT2D eigenvalue weighted by Crippen LogP contribution is -2.39. The van der Waals surface area contributed by atoms with Crippen LogP contribution in [0.3, 0.4) is 0 Å². The molecule has 0 aliphatic carbocycles. The van der Waals surface area contributed by atoms with Gasteiger partial charge in [-0.15, -0.1) is 0 Å². The van der Waals surface area contributed by atoms with E-state index in [1.807, 2.05) is 0 Å². The van der Waals surface area contributed by atoms with Gasteiger partial charge in [0.2, 0.25) is 17.5 Å². The SMILES string of the molecule is CC(=O)O[C@@H]1[C@@H](O)[C@H](Oc2c(-c3cc(O)c(O)c(O)c3)oc3cc(O)cc(O)c3c2=O)O[C@H]1CO. The highest BCUT2D eigenvalue weighted by Crippen LogP contribution is 2.43. The van der Waals surface area contributed by atoms with Crippen molar-refractivity contribution < 1.29 is 59.2 Å². The number of hydrogen-bond donors (Lipinski definition) is 7. The maximum Gasteiger partial charge on any atom is 0.303 e. The highest BCUT2D eigenvalue weighted by Gasteiger charge is 2.48. The lowest BCUT2D eigenvalue weighted by Gasteiger charge is -2.20. The summed E-state index contributed by atoms with van der Waals surface area (Å²) in [6.07, 6.45) is -5.89. The van der Waals surface area contributed by atoms with Crippen molar-refractivity contribution in [3.8, 4) is 45.8 Å². The molecule has 0 bridgehead atoms. The van der Waals surface area contributed by atoms with Gasteiger partial charge in [-0.1, -0.05) is 0 Å². The molecular weight excluding hydrogens is 472 g/mol. The molecule has 13 heteroatoms. The molecule has 0 spiro atoms. The third-order valence-corrected chi connectivity index (χ3v) is 5.26. The smallest absolute Gasteiger partial charge is 0.303 e. The van der Waals surface area contributed by atoms with Crippen LogP contribution in [0, 0.1) is 0 Å². The van der Waals surface area contributed by atoms with E-state index in [1.165, 1.54) is 0 Å². The molecule has 4 rings (SSSR count). The lowest BCUT2D eigenvalue weighted by molar-refractivity contribution is -0.153. The van der Waals surface area contributed by atoms with Crippen molar-refractivity contribution in [2.75, 3.05) is 6.61 Å². The van der Waals surface area contributed by atoms with Gasteiger partial charge in [0.1, 0.15) is 28.6 Å². The summed E-state index contributed by atoms with van der Waals surface area (Å²) in [6, 6.07) is 3.75. The quantitative estimate of drug-likeness (QED) is 0.189. The number of rotatable bonds is 5. The van der Waals surface area contributed by atoms with E-state index in [4.69, 9.17) is 18.6 Å². The molecule has 0 amide bonds. The van der Waals surface area contributed by atoms with Gasteiger partial charge in [-0.25, -0.2) is 0 Å². The summed E-state index contributed by atoms with van der Waals surface area (Å²) in [5, 5.41) is 69.2. The number of hydrogen-bond acceptors (Lipinski definition) is 13. The summed E-state index contributed by atoms with van der Waals surface area (Å²) in [5.41, 5.74) is -1.49. The highest BCUT2D eigenvalue weighted by atomic mass is 16.7. The third-order valence-electron chi connectivity index (χ3n) is 5.26. The number of esters is 1. The fraction of sp³-hybridized carbons (Fsp3) is 0.273. The molecule has 0 saturated carbocycles. The minimum atomic E-state index is -1.67. The lowest BCUT2D eigenvalue weighted by atomic mass is 10.1. The second-order valence-electron chi connectivity index (χ2n) is 7.70. The summed E-state index contributed by atoms with van der Waals surface area (Å²) in [4.78, 5) is 24.7. The molecule has 1 aliphatic heterocycles. The number of fused-ring (bicyclic) bond motifs is 1. The van der Waals surface area contributed by atoms with Crippen LogP contribution in [0.25, 0.3) is 22.3 Å². The van der Waals surface area contributed by atoms with Crippen LogP contribution >= 0.6 is 0 Å². The van der Waals surface area contributed by atoms with Crippen molar-refractivity contribution in [3.05, 3.63) is 34.5 Å². The zero-order valence-corrected chi connectivity index (χ0v) is 17.9. The maximum atomic E-state index is 13.3. The predicted octanol–water partition coefficient (Wildman–Crippen LogP) is 0.377. The van der Waals surface area contributed by atoms with Gasteiger partial charge >= 0.3 is 5.97 Å². The standard InChI is InChI=1S/C22H20O13/c1-7(24)32-20-14(6-23)34-22(18(20)31)35-21-17(30)15-10(26)4-9(25)5-13(15)33-19(21)8-2-11(27)16(29)12(28)3-8/h2-5,14,18,20,22-23,25-29,31H,6H2,1H3/t14-,18+,20-,22-/m0/s1. The Kier molecular flexibility index (Phi) is 6.06. The van der Waals surface area contributed by atoms with Crippen LogP contribution in [0.5, 0.6) is 34.5 Å². The Morgan fingerprint density at radius 1 is 1.03 bits per heavy atom. The van der Waals surface area contributed by atoms with E-state index in [9.17, 15) is 45.3 Å². The first-order valence-corrected chi connectivity index (χ1v) is 10.1. The number of carbonyl (C=O) groups is 1. The number of carbonyl (C=O) groups excluding carboxylic acids is 1. The average molecular weight is 492 g/mol. The van der Waals surface area contributed by atoms with Gasteiger partial charge < -0.3 is 54.4 Å². The van der Waals surface area contributed by atoms with Crippen molar-refractivity contribution in [1.82, 2.24) is 0 Å². The van der Waals surface area contributed by atoms with E-state index in [0.29, 0.717) is 0 Å². The van der Waals surface area contributed by atoms with E-state index in [2.05, 4.69) is 0 Å². The van der Waals surface area contributed by atoms with Crippen LogP contribution < -0.4 is 10.2 Å². The van der Waals surface area contributed by atoms with Crippen LogP contribution in [0.15, 0.2) is 33.5 Å². The maximum absolute atomic E-state index is 13.3. The van der Waals surface area contributed by atoms with Crippen molar-refractivity contribution in [3.63, 3.8) is 0 Å². The number of aromatic hydroxyl groups is 5. The fourth-order valence-electron chi connectivity index (χ4n) is 3.70. The summed E-state index contributed by atoms with van der Waals surface area (Å²) in [5.74, 6) is -5.42. The summed E-state index contributed by atoms with van der Waals surface area (Å²) in [6.45, 7) is 0.404. The number of phenols is 5. The van der Waals surface area contributed by atoms with Crippen LogP contribution in [0.2, 0.25) is 0 Å². The Labute approximate surface area is 195 Å². The Hall–Kier alpha value is -4.20. The van der Waals surface area contributed by atoms with Crippen LogP contribution in [0.1, 0.15) is 6.92 Å². The van der Waals surface area contributed by atoms with Crippen molar-refractivity contribution in [2.24, 2.45) is 0 Å². The van der Waals surface area contributed by atoms with E-state index in [1.54, 1.807) is 0 Å². The van der Waals surface area contributed by atoms with Crippen LogP contribution in [-0.2, 0) is 14.3 Å². The third kappa shape index (κ3) is 4.23. The predicted molar refractivity (Wildman–Crippen MR) is 114 cm³/mol. The first-order chi connectivity index (χ1) is 16.5. The van der Waals surface area contributed by atoms with Gasteiger partial charge in [-0.3, -0.25) is 9.59 Å². The van der Waals surface area contributed by atoms with Gasteiger partial charge in [0.25, 0.3) is 0 Å². The van der Waals surface area contributed by atoms with Crippen molar-refractivity contribution in [1.29, 1.82) is 0 Å². The zero-order valence-electron chi connectivity index (χ0n) is 17.9. The molecule has 7 N–H and O–H groups in total. The molecule has 186 valence electrons. The second-order valence-corrected chi connectivity index (χ2v) is 7.70. The number of aliphatic hydroxyl groups excluding tert-OH is 2. The molecule has 2 aromatic carbocycles. The summed E-state index contributed by atoms with van der Waals surface area (Å²) in [7, 11) is 0. The van der Waals surface area contributed by atoms with Crippen molar-refractivity contribution in [2.45, 2.75) is 31.5 Å². The molecule has 3 aromatic rings. The Balaban J connectivity index is 1.89. The largest absolute Gasteiger partial charge is 0.508 e. The second kappa shape index (κ2) is 8.87. The van der Waals surface area contributed by atoms with Gasteiger partial charge in [0.05, 0.1) is 6.61 Å². The van der Waals surface area contributed by atoms with E-state index in [-0.39, 0.29) is 11.1 Å². The molecule has 1 saturated heterocycles. The highest BCUT2D eigenvalue weighted by molar-refractivity contribution is 5.88. The van der Waals surface area contributed by atoms with E-state index < -0.39 is 88.3 Å². The molecule has 4 atom stereocenters. The van der Waals surface area contributed by atoms with Gasteiger partial charge in [0, 0.05) is 24.6 Å². The first kappa shape index (κ1) is 23.9. The fourth-order valence-corrected chi connectivity index (χ4v) is 3.70. The molecule has 0 radical (unpaired) electrons. The number of benzene rings is 2. The number of ether oxygens (including phenoxy) is 3. The molecule has 1 fully saturated rings. The van der Waals surface area contributed by atoms with Crippen molar-refractivity contribution >= 4 is 16.9 Å². The monoisotopic (exact) mass is 492 g/mol. The van der Waals surface area contributed by atoms with E-state index >= 15 is 0 Å². The van der Waals surface area contributed by atoms with Crippen LogP contribution in [-0.4, -0.2) is 72.9 Å². The van der Waals surface area contributed by atoms with Crippen LogP contribution in [0.4, 0.5) is 0 Å². The normalized spacial score (nSPS) is 21.8.